The van der Waals surface area contributed by atoms with E-state index in [4.69, 9.17) is 4.74 Å². The zero-order valence-electron chi connectivity index (χ0n) is 9.72. The second-order valence-corrected chi connectivity index (χ2v) is 4.93. The summed E-state index contributed by atoms with van der Waals surface area (Å²) in [4.78, 5) is 4.35. The predicted octanol–water partition coefficient (Wildman–Crippen LogP) is 3.48. The second-order valence-electron chi connectivity index (χ2n) is 4.21. The molecule has 1 heterocycles. The van der Waals surface area contributed by atoms with Crippen LogP contribution < -0.4 is 4.74 Å². The van der Waals surface area contributed by atoms with E-state index in [1.165, 1.54) is 29.9 Å². The minimum Gasteiger partial charge on any atom is -0.469 e. The standard InChI is InChI=1S/C13H14N2OS/c1-2-16-13-14-12(15-17-13)11-7-5-10(6-8-11)9-3-4-9/h5-9H,2-4H2,1H3. The minimum atomic E-state index is 0.634. The van der Waals surface area contributed by atoms with Crippen molar-refractivity contribution in [3.63, 3.8) is 0 Å². The number of rotatable bonds is 4. The van der Waals surface area contributed by atoms with Gasteiger partial charge in [0, 0.05) is 17.1 Å². The molecule has 4 heteroatoms. The fraction of sp³-hybridized carbons (Fsp3) is 0.385. The first-order chi connectivity index (χ1) is 8.36. The average Bonchev–Trinajstić information content (AvgIpc) is 3.11. The van der Waals surface area contributed by atoms with E-state index in [9.17, 15) is 0 Å². The van der Waals surface area contributed by atoms with Crippen LogP contribution in [0.15, 0.2) is 24.3 Å². The van der Waals surface area contributed by atoms with Gasteiger partial charge in [0.05, 0.1) is 6.61 Å². The summed E-state index contributed by atoms with van der Waals surface area (Å²) in [6.07, 6.45) is 2.67. The third kappa shape index (κ3) is 2.31. The maximum Gasteiger partial charge on any atom is 0.293 e. The Morgan fingerprint density at radius 3 is 2.71 bits per heavy atom. The van der Waals surface area contributed by atoms with Crippen LogP contribution in [0.5, 0.6) is 5.19 Å². The van der Waals surface area contributed by atoms with Crippen molar-refractivity contribution in [3.05, 3.63) is 29.8 Å². The maximum absolute atomic E-state index is 5.32. The zero-order valence-corrected chi connectivity index (χ0v) is 10.5. The molecule has 1 aliphatic carbocycles. The highest BCUT2D eigenvalue weighted by atomic mass is 32.1. The molecule has 0 aliphatic heterocycles. The van der Waals surface area contributed by atoms with Crippen LogP contribution in [0.25, 0.3) is 11.4 Å². The van der Waals surface area contributed by atoms with Crippen molar-refractivity contribution in [2.45, 2.75) is 25.7 Å². The smallest absolute Gasteiger partial charge is 0.293 e. The van der Waals surface area contributed by atoms with E-state index in [0.717, 1.165) is 17.3 Å². The van der Waals surface area contributed by atoms with Crippen LogP contribution in [0.3, 0.4) is 0 Å². The van der Waals surface area contributed by atoms with Gasteiger partial charge in [0.25, 0.3) is 5.19 Å². The SMILES string of the molecule is CCOc1nc(-c2ccc(C3CC3)cc2)ns1. The van der Waals surface area contributed by atoms with Gasteiger partial charge in [-0.3, -0.25) is 0 Å². The molecule has 1 aliphatic rings. The van der Waals surface area contributed by atoms with Gasteiger partial charge in [0.15, 0.2) is 5.82 Å². The first-order valence-electron chi connectivity index (χ1n) is 5.93. The van der Waals surface area contributed by atoms with Crippen molar-refractivity contribution in [2.75, 3.05) is 6.61 Å². The fourth-order valence-corrected chi connectivity index (χ4v) is 2.44. The Labute approximate surface area is 105 Å². The Hall–Kier alpha value is -1.42. The molecule has 1 saturated carbocycles. The van der Waals surface area contributed by atoms with E-state index < -0.39 is 0 Å². The lowest BCUT2D eigenvalue weighted by molar-refractivity contribution is 0.338. The van der Waals surface area contributed by atoms with Gasteiger partial charge < -0.3 is 4.74 Å². The largest absolute Gasteiger partial charge is 0.469 e. The highest BCUT2D eigenvalue weighted by molar-refractivity contribution is 7.07. The summed E-state index contributed by atoms with van der Waals surface area (Å²) in [6.45, 7) is 2.58. The molecule has 0 saturated heterocycles. The van der Waals surface area contributed by atoms with E-state index in [1.54, 1.807) is 0 Å². The summed E-state index contributed by atoms with van der Waals surface area (Å²) in [5, 5.41) is 0.647. The molecule has 0 amide bonds. The van der Waals surface area contributed by atoms with Gasteiger partial charge >= 0.3 is 0 Å². The van der Waals surface area contributed by atoms with Crippen molar-refractivity contribution in [1.82, 2.24) is 9.36 Å². The van der Waals surface area contributed by atoms with Gasteiger partial charge in [-0.2, -0.15) is 9.36 Å². The number of ether oxygens (including phenoxy) is 1. The Balaban J connectivity index is 1.81. The normalized spacial score (nSPS) is 14.9. The molecule has 0 unspecified atom stereocenters. The van der Waals surface area contributed by atoms with Gasteiger partial charge in [-0.25, -0.2) is 0 Å². The molecule has 1 fully saturated rings. The predicted molar refractivity (Wildman–Crippen MR) is 68.5 cm³/mol. The average molecular weight is 246 g/mol. The molecule has 2 aromatic rings. The van der Waals surface area contributed by atoms with Crippen LogP contribution in [0.2, 0.25) is 0 Å². The van der Waals surface area contributed by atoms with E-state index in [1.807, 2.05) is 6.92 Å². The first-order valence-corrected chi connectivity index (χ1v) is 6.71. The Morgan fingerprint density at radius 2 is 2.06 bits per heavy atom. The van der Waals surface area contributed by atoms with E-state index in [-0.39, 0.29) is 0 Å². The summed E-state index contributed by atoms with van der Waals surface area (Å²) in [5.74, 6) is 1.56. The summed E-state index contributed by atoms with van der Waals surface area (Å²) in [5.41, 5.74) is 2.51. The summed E-state index contributed by atoms with van der Waals surface area (Å²) >= 11 is 1.31. The van der Waals surface area contributed by atoms with Gasteiger partial charge in [0.1, 0.15) is 0 Å². The number of benzene rings is 1. The van der Waals surface area contributed by atoms with Crippen LogP contribution in [0.4, 0.5) is 0 Å². The molecule has 17 heavy (non-hydrogen) atoms. The van der Waals surface area contributed by atoms with Crippen molar-refractivity contribution in [3.8, 4) is 16.6 Å². The van der Waals surface area contributed by atoms with E-state index >= 15 is 0 Å². The Kier molecular flexibility index (Phi) is 2.81. The number of aromatic nitrogens is 2. The summed E-state index contributed by atoms with van der Waals surface area (Å²) < 4.78 is 9.63. The third-order valence-corrected chi connectivity index (χ3v) is 3.52. The lowest BCUT2D eigenvalue weighted by Crippen LogP contribution is -1.90. The highest BCUT2D eigenvalue weighted by Crippen LogP contribution is 2.40. The minimum absolute atomic E-state index is 0.634. The summed E-state index contributed by atoms with van der Waals surface area (Å²) in [6, 6.07) is 8.58. The highest BCUT2D eigenvalue weighted by Gasteiger charge is 2.23. The first kappa shape index (κ1) is 10.7. The number of nitrogens with zero attached hydrogens (tertiary/aromatic N) is 2. The van der Waals surface area contributed by atoms with Crippen molar-refractivity contribution >= 4 is 11.5 Å². The molecule has 1 aromatic heterocycles. The van der Waals surface area contributed by atoms with Crippen LogP contribution in [-0.2, 0) is 0 Å². The van der Waals surface area contributed by atoms with Crippen LogP contribution in [-0.4, -0.2) is 16.0 Å². The fourth-order valence-electron chi connectivity index (χ4n) is 1.83. The number of hydrogen-bond acceptors (Lipinski definition) is 4. The van der Waals surface area contributed by atoms with Crippen LogP contribution in [0.1, 0.15) is 31.2 Å². The molecule has 1 aromatic carbocycles. The molecule has 3 rings (SSSR count). The van der Waals surface area contributed by atoms with E-state index in [0.29, 0.717) is 11.8 Å². The van der Waals surface area contributed by atoms with Gasteiger partial charge in [-0.05, 0) is 31.2 Å². The van der Waals surface area contributed by atoms with Crippen molar-refractivity contribution in [1.29, 1.82) is 0 Å². The Morgan fingerprint density at radius 1 is 1.29 bits per heavy atom. The molecule has 0 bridgehead atoms. The molecular weight excluding hydrogens is 232 g/mol. The molecular formula is C13H14N2OS. The van der Waals surface area contributed by atoms with Crippen molar-refractivity contribution < 1.29 is 4.74 Å². The monoisotopic (exact) mass is 246 g/mol. The van der Waals surface area contributed by atoms with Crippen LogP contribution in [0, 0.1) is 0 Å². The molecule has 0 atom stereocenters. The Bertz CT molecular complexity index is 502. The van der Waals surface area contributed by atoms with Crippen LogP contribution >= 0.6 is 11.5 Å². The van der Waals surface area contributed by atoms with Crippen molar-refractivity contribution in [2.24, 2.45) is 0 Å². The van der Waals surface area contributed by atoms with Gasteiger partial charge in [-0.1, -0.05) is 24.3 Å². The summed E-state index contributed by atoms with van der Waals surface area (Å²) in [7, 11) is 0. The third-order valence-electron chi connectivity index (χ3n) is 2.89. The second kappa shape index (κ2) is 4.45. The molecule has 88 valence electrons. The van der Waals surface area contributed by atoms with Gasteiger partial charge in [0.2, 0.25) is 0 Å². The number of hydrogen-bond donors (Lipinski definition) is 0. The zero-order chi connectivity index (χ0) is 11.7. The maximum atomic E-state index is 5.32. The lowest BCUT2D eigenvalue weighted by Gasteiger charge is -1.99. The van der Waals surface area contributed by atoms with Gasteiger partial charge in [-0.15, -0.1) is 0 Å². The molecule has 3 nitrogen and oxygen atoms in total. The molecule has 0 spiro atoms. The molecule has 0 N–H and O–H groups in total. The topological polar surface area (TPSA) is 35.0 Å². The molecule has 0 radical (unpaired) electrons. The quantitative estimate of drug-likeness (QED) is 0.828. The lowest BCUT2D eigenvalue weighted by atomic mass is 10.1. The van der Waals surface area contributed by atoms with E-state index in [2.05, 4.69) is 33.6 Å².